The van der Waals surface area contributed by atoms with Gasteiger partial charge in [0.25, 0.3) is 0 Å². The lowest BCUT2D eigenvalue weighted by Gasteiger charge is -2.45. The van der Waals surface area contributed by atoms with E-state index in [4.69, 9.17) is 4.74 Å². The predicted octanol–water partition coefficient (Wildman–Crippen LogP) is 4.41. The molecule has 0 unspecified atom stereocenters. The standard InChI is InChI=1S/C20H20F3NO3/c21-20(22,23)12-3-8-17-16(9-12)19-15(7-6-14(10-25)27-19)18(24-17)11-1-4-13(26)5-2-11/h1-5,8-9,14-15,18-19,24-26H,6-7,10H2/t14-,15+,18+,19+/m0/s1. The Labute approximate surface area is 154 Å². The minimum Gasteiger partial charge on any atom is -0.508 e. The van der Waals surface area contributed by atoms with Gasteiger partial charge in [-0.15, -0.1) is 0 Å². The summed E-state index contributed by atoms with van der Waals surface area (Å²) in [5.74, 6) is 0.0786. The van der Waals surface area contributed by atoms with Crippen LogP contribution in [0, 0.1) is 5.92 Å². The third kappa shape index (κ3) is 3.37. The van der Waals surface area contributed by atoms with Crippen molar-refractivity contribution in [1.29, 1.82) is 0 Å². The number of alkyl halides is 3. The van der Waals surface area contributed by atoms with Crippen LogP contribution in [-0.4, -0.2) is 22.9 Å². The Morgan fingerprint density at radius 3 is 2.48 bits per heavy atom. The maximum atomic E-state index is 13.2. The van der Waals surface area contributed by atoms with Crippen LogP contribution < -0.4 is 5.32 Å². The Kier molecular flexibility index (Phi) is 4.52. The number of anilines is 1. The average Bonchev–Trinajstić information content (AvgIpc) is 2.66. The summed E-state index contributed by atoms with van der Waals surface area (Å²) in [6.07, 6.45) is -3.99. The fourth-order valence-corrected chi connectivity index (χ4v) is 4.08. The van der Waals surface area contributed by atoms with Crippen molar-refractivity contribution >= 4 is 5.69 Å². The Morgan fingerprint density at radius 1 is 1.07 bits per heavy atom. The van der Waals surface area contributed by atoms with Gasteiger partial charge in [0.05, 0.1) is 30.4 Å². The zero-order valence-corrected chi connectivity index (χ0v) is 14.4. The number of nitrogens with one attached hydrogen (secondary N) is 1. The molecule has 1 fully saturated rings. The smallest absolute Gasteiger partial charge is 0.416 e. The van der Waals surface area contributed by atoms with Crippen LogP contribution in [0.1, 0.15) is 41.7 Å². The summed E-state index contributed by atoms with van der Waals surface area (Å²) in [6.45, 7) is -0.158. The first-order chi connectivity index (χ1) is 12.9. The molecule has 0 bridgehead atoms. The van der Waals surface area contributed by atoms with Gasteiger partial charge in [-0.3, -0.25) is 0 Å². The van der Waals surface area contributed by atoms with Gasteiger partial charge in [-0.05, 0) is 48.7 Å². The van der Waals surface area contributed by atoms with E-state index in [1.807, 2.05) is 0 Å². The number of halogens is 3. The number of fused-ring (bicyclic) bond motifs is 3. The van der Waals surface area contributed by atoms with Crippen molar-refractivity contribution in [3.8, 4) is 5.75 Å². The van der Waals surface area contributed by atoms with Gasteiger partial charge < -0.3 is 20.3 Å². The summed E-state index contributed by atoms with van der Waals surface area (Å²) in [5, 5.41) is 22.4. The number of aliphatic hydroxyl groups excluding tert-OH is 1. The van der Waals surface area contributed by atoms with E-state index in [1.54, 1.807) is 24.3 Å². The number of rotatable bonds is 2. The molecule has 4 atom stereocenters. The number of benzene rings is 2. The Hall–Kier alpha value is -2.25. The van der Waals surface area contributed by atoms with Crippen LogP contribution in [-0.2, 0) is 10.9 Å². The zero-order chi connectivity index (χ0) is 19.2. The Bertz CT molecular complexity index is 822. The lowest BCUT2D eigenvalue weighted by Crippen LogP contribution is -2.40. The molecule has 2 aliphatic heterocycles. The summed E-state index contributed by atoms with van der Waals surface area (Å²) in [7, 11) is 0. The number of aromatic hydroxyl groups is 1. The largest absolute Gasteiger partial charge is 0.508 e. The molecule has 0 radical (unpaired) electrons. The van der Waals surface area contributed by atoms with Gasteiger partial charge >= 0.3 is 6.18 Å². The molecule has 2 aliphatic rings. The Morgan fingerprint density at radius 2 is 1.81 bits per heavy atom. The van der Waals surface area contributed by atoms with Crippen LogP contribution in [0.2, 0.25) is 0 Å². The molecular formula is C20H20F3NO3. The number of hydrogen-bond acceptors (Lipinski definition) is 4. The van der Waals surface area contributed by atoms with Crippen molar-refractivity contribution in [3.63, 3.8) is 0 Å². The first kappa shape index (κ1) is 18.1. The van der Waals surface area contributed by atoms with Crippen LogP contribution in [0.5, 0.6) is 5.75 Å². The van der Waals surface area contributed by atoms with Crippen LogP contribution >= 0.6 is 0 Å². The number of hydrogen-bond donors (Lipinski definition) is 3. The monoisotopic (exact) mass is 379 g/mol. The summed E-state index contributed by atoms with van der Waals surface area (Å²) in [6, 6.07) is 10.3. The maximum absolute atomic E-state index is 13.2. The molecule has 2 heterocycles. The highest BCUT2D eigenvalue weighted by atomic mass is 19.4. The van der Waals surface area contributed by atoms with Crippen molar-refractivity contribution in [2.45, 2.75) is 37.3 Å². The second-order valence-electron chi connectivity index (χ2n) is 7.12. The fraction of sp³-hybridized carbons (Fsp3) is 0.400. The molecule has 4 rings (SSSR count). The number of phenolic OH excluding ortho intramolecular Hbond substituents is 1. The second kappa shape index (κ2) is 6.73. The molecule has 1 saturated heterocycles. The molecule has 0 amide bonds. The molecule has 0 aromatic heterocycles. The van der Waals surface area contributed by atoms with E-state index < -0.39 is 17.8 Å². The van der Waals surface area contributed by atoms with Crippen LogP contribution in [0.25, 0.3) is 0 Å². The van der Waals surface area contributed by atoms with Gasteiger partial charge in [-0.1, -0.05) is 12.1 Å². The van der Waals surface area contributed by atoms with Crippen molar-refractivity contribution in [3.05, 3.63) is 59.2 Å². The second-order valence-corrected chi connectivity index (χ2v) is 7.12. The summed E-state index contributed by atoms with van der Waals surface area (Å²) in [5.41, 5.74) is 1.29. The molecule has 4 nitrogen and oxygen atoms in total. The molecule has 0 spiro atoms. The van der Waals surface area contributed by atoms with E-state index in [1.165, 1.54) is 6.07 Å². The molecular weight excluding hydrogens is 359 g/mol. The molecule has 0 saturated carbocycles. The predicted molar refractivity (Wildman–Crippen MR) is 93.3 cm³/mol. The SMILES string of the molecule is OC[C@@H]1CC[C@@H]2[C@@H](c3ccc(O)cc3)Nc3ccc(C(F)(F)F)cc3[C@@H]2O1. The van der Waals surface area contributed by atoms with Crippen molar-refractivity contribution in [1.82, 2.24) is 0 Å². The number of ether oxygens (including phenoxy) is 1. The zero-order valence-electron chi connectivity index (χ0n) is 14.4. The molecule has 0 aliphatic carbocycles. The number of aliphatic hydroxyl groups is 1. The fourth-order valence-electron chi connectivity index (χ4n) is 4.08. The molecule has 27 heavy (non-hydrogen) atoms. The van der Waals surface area contributed by atoms with Gasteiger partial charge in [0.2, 0.25) is 0 Å². The van der Waals surface area contributed by atoms with Crippen molar-refractivity contribution < 1.29 is 28.1 Å². The van der Waals surface area contributed by atoms with E-state index >= 15 is 0 Å². The Balaban J connectivity index is 1.76. The molecule has 2 aromatic carbocycles. The summed E-state index contributed by atoms with van der Waals surface area (Å²) < 4.78 is 45.5. The van der Waals surface area contributed by atoms with Crippen molar-refractivity contribution in [2.75, 3.05) is 11.9 Å². The van der Waals surface area contributed by atoms with Crippen LogP contribution in [0.3, 0.4) is 0 Å². The van der Waals surface area contributed by atoms with Crippen LogP contribution in [0.15, 0.2) is 42.5 Å². The topological polar surface area (TPSA) is 61.7 Å². The van der Waals surface area contributed by atoms with Gasteiger partial charge in [-0.25, -0.2) is 0 Å². The molecule has 3 N–H and O–H groups in total. The minimum absolute atomic E-state index is 0.0756. The quantitative estimate of drug-likeness (QED) is 0.724. The van der Waals surface area contributed by atoms with Gasteiger partial charge in [-0.2, -0.15) is 13.2 Å². The molecule has 144 valence electrons. The minimum atomic E-state index is -4.43. The maximum Gasteiger partial charge on any atom is 0.416 e. The van der Waals surface area contributed by atoms with Crippen molar-refractivity contribution in [2.24, 2.45) is 5.92 Å². The van der Waals surface area contributed by atoms with Gasteiger partial charge in [0, 0.05) is 17.2 Å². The average molecular weight is 379 g/mol. The summed E-state index contributed by atoms with van der Waals surface area (Å²) >= 11 is 0. The van der Waals surface area contributed by atoms with Gasteiger partial charge in [0.1, 0.15) is 5.75 Å². The third-order valence-electron chi connectivity index (χ3n) is 5.43. The van der Waals surface area contributed by atoms with Gasteiger partial charge in [0.15, 0.2) is 0 Å². The first-order valence-electron chi connectivity index (χ1n) is 8.90. The highest BCUT2D eigenvalue weighted by Crippen LogP contribution is 2.51. The van der Waals surface area contributed by atoms with E-state index in [9.17, 15) is 23.4 Å². The number of phenols is 1. The summed E-state index contributed by atoms with van der Waals surface area (Å²) in [4.78, 5) is 0. The van der Waals surface area contributed by atoms with Crippen LogP contribution in [0.4, 0.5) is 18.9 Å². The lowest BCUT2D eigenvalue weighted by atomic mass is 9.76. The van der Waals surface area contributed by atoms with E-state index in [2.05, 4.69) is 5.32 Å². The lowest BCUT2D eigenvalue weighted by molar-refractivity contribution is -0.138. The normalized spacial score (nSPS) is 27.4. The van der Waals surface area contributed by atoms with E-state index in [0.29, 0.717) is 24.1 Å². The van der Waals surface area contributed by atoms with E-state index in [-0.39, 0.29) is 30.4 Å². The first-order valence-corrected chi connectivity index (χ1v) is 8.90. The molecule has 2 aromatic rings. The highest BCUT2D eigenvalue weighted by molar-refractivity contribution is 5.58. The third-order valence-corrected chi connectivity index (χ3v) is 5.43. The van der Waals surface area contributed by atoms with E-state index in [0.717, 1.165) is 17.7 Å². The highest BCUT2D eigenvalue weighted by Gasteiger charge is 2.43. The molecule has 7 heteroatoms.